The Labute approximate surface area is 602 Å². The lowest BCUT2D eigenvalue weighted by Gasteiger charge is -2.38. The predicted octanol–water partition coefficient (Wildman–Crippen LogP) is 14.7. The van der Waals surface area contributed by atoms with Crippen molar-refractivity contribution in [1.29, 1.82) is 0 Å². The van der Waals surface area contributed by atoms with Crippen molar-refractivity contribution in [3.8, 4) is 0 Å². The van der Waals surface area contributed by atoms with Gasteiger partial charge in [0.1, 0.15) is 0 Å². The lowest BCUT2D eigenvalue weighted by atomic mass is 9.81. The van der Waals surface area contributed by atoms with Gasteiger partial charge < -0.3 is 40.7 Å². The Morgan fingerprint density at radius 3 is 1.04 bits per heavy atom. The van der Waals surface area contributed by atoms with Gasteiger partial charge in [0.05, 0.1) is 0 Å². The topological polar surface area (TPSA) is 90.7 Å². The van der Waals surface area contributed by atoms with Gasteiger partial charge in [0.2, 0.25) is 0 Å². The van der Waals surface area contributed by atoms with Crippen LogP contribution in [0.15, 0.2) is 0 Å². The largest absolute Gasteiger partial charge is 0.396 e. The Hall–Kier alpha value is -0.520. The highest BCUT2D eigenvalue weighted by atomic mass is 16.3. The molecule has 9 atom stereocenters. The van der Waals surface area contributed by atoms with Gasteiger partial charge in [0.15, 0.2) is 0 Å². The number of likely N-dealkylation sites (N-methyl/N-ethyl adjacent to an activating group) is 2. The summed E-state index contributed by atoms with van der Waals surface area (Å²) in [5, 5.41) is 12.8. The van der Waals surface area contributed by atoms with Gasteiger partial charge in [-0.1, -0.05) is 76.2 Å². The minimum absolute atomic E-state index is 0.362. The Morgan fingerprint density at radius 2 is 0.688 bits per heavy atom. The average molecular weight is 1360 g/mol. The van der Waals surface area contributed by atoms with Crippen molar-refractivity contribution in [2.45, 2.75) is 325 Å². The summed E-state index contributed by atoms with van der Waals surface area (Å²) in [6.07, 6.45) is 10.9. The smallest absolute Gasteiger partial charge is 0.0474 e. The molecular weight excluding hydrogens is 1180 g/mol. The third-order valence-corrected chi connectivity index (χ3v) is 23.7. The summed E-state index contributed by atoms with van der Waals surface area (Å²) in [6.45, 7) is 89.7. The zero-order valence-electron chi connectivity index (χ0n) is 70.8. The molecule has 4 N–H and O–H groups in total. The zero-order chi connectivity index (χ0) is 73.3. The molecule has 0 saturated carbocycles. The molecule has 0 aromatic rings. The van der Waals surface area contributed by atoms with Crippen molar-refractivity contribution in [2.75, 3.05) is 146 Å². The maximum absolute atomic E-state index is 9.32. The maximum atomic E-state index is 9.32. The van der Waals surface area contributed by atoms with Crippen LogP contribution >= 0.6 is 0 Å². The van der Waals surface area contributed by atoms with Gasteiger partial charge in [-0.05, 0) is 287 Å². The van der Waals surface area contributed by atoms with Crippen LogP contribution < -0.4 is 11.1 Å². The number of piperazine rings is 1. The second-order valence-electron chi connectivity index (χ2n) is 37.9. The van der Waals surface area contributed by atoms with Crippen LogP contribution in [0.1, 0.15) is 252 Å². The van der Waals surface area contributed by atoms with E-state index < -0.39 is 0 Å². The van der Waals surface area contributed by atoms with E-state index in [1.807, 2.05) is 0 Å². The zero-order valence-corrected chi connectivity index (χ0v) is 70.8. The van der Waals surface area contributed by atoms with Crippen molar-refractivity contribution < 1.29 is 5.11 Å². The summed E-state index contributed by atoms with van der Waals surface area (Å²) in [7, 11) is 6.55. The van der Waals surface area contributed by atoms with Crippen molar-refractivity contribution in [1.82, 2.24) is 54.3 Å². The van der Waals surface area contributed by atoms with E-state index in [9.17, 15) is 5.11 Å². The van der Waals surface area contributed by atoms with Gasteiger partial charge in [0, 0.05) is 177 Å². The molecule has 13 nitrogen and oxygen atoms in total. The monoisotopic (exact) mass is 1360 g/mol. The highest BCUT2D eigenvalue weighted by Gasteiger charge is 2.45. The number of nitrogens with zero attached hydrogens (tertiary/aromatic N) is 10. The quantitative estimate of drug-likeness (QED) is 0.0962. The molecule has 1 spiro atoms. The number of nitrogens with two attached hydrogens (primary N) is 1. The lowest BCUT2D eigenvalue weighted by molar-refractivity contribution is 0.0887. The van der Waals surface area contributed by atoms with E-state index in [4.69, 9.17) is 5.73 Å². The van der Waals surface area contributed by atoms with Gasteiger partial charge >= 0.3 is 0 Å². The average Bonchev–Trinajstić information content (AvgIpc) is 1.64. The number of hydrogen-bond donors (Lipinski definition) is 3. The molecule has 0 aliphatic carbocycles. The molecule has 13 heteroatoms. The van der Waals surface area contributed by atoms with Crippen molar-refractivity contribution in [3.63, 3.8) is 0 Å². The number of hydrogen-bond acceptors (Lipinski definition) is 13. The van der Waals surface area contributed by atoms with Crippen LogP contribution in [-0.4, -0.2) is 272 Å². The van der Waals surface area contributed by atoms with E-state index in [2.05, 4.69) is 276 Å². The SMILES string of the molecule is CC(C)CC1(C)CCN(C(C)C)C1.CC(C)CC1CN(C(C)C)CC1CO.CC(C)CC1CN(C(C)C)CC1N.CC(C)CC1CN(C(C)C)CC1N(C)C.CC(C)N1CCC2(CCN(C(C)C)C2)C1.CC(C)N1CCN(C(C)C)CC1.CNC1CN(C(C)C)CC1CC(C)C. The second kappa shape index (κ2) is 45.0. The number of aliphatic hydroxyl groups excluding tert-OH is 1. The third kappa shape index (κ3) is 33.1. The third-order valence-electron chi connectivity index (χ3n) is 23.7. The Bertz CT molecular complexity index is 1860. The van der Waals surface area contributed by atoms with Crippen LogP contribution in [0.25, 0.3) is 0 Å². The summed E-state index contributed by atoms with van der Waals surface area (Å²) in [4.78, 5) is 25.7. The molecule has 0 radical (unpaired) electrons. The summed E-state index contributed by atoms with van der Waals surface area (Å²) < 4.78 is 0. The van der Waals surface area contributed by atoms with Gasteiger partial charge in [-0.15, -0.1) is 0 Å². The molecule has 574 valence electrons. The number of nitrogens with one attached hydrogen (secondary N) is 1. The molecule has 0 amide bonds. The molecule has 8 heterocycles. The molecule has 8 saturated heterocycles. The summed E-state index contributed by atoms with van der Waals surface area (Å²) in [5.41, 5.74) is 7.36. The molecule has 0 bridgehead atoms. The standard InChI is InChI=1S/C13H26N2.C13H28N2.C12H26N2.C12H25NO.C12H25N.C11H24N2.C10H22N2/c1-11(2)14-7-5-13(9-14)6-8-15(10-13)12(3)4;1-10(2)7-12-8-15(11(3)4)9-13(12)14(5)6;1-9(2)6-11-7-14(10(3)4)8-12(11)13-5;1-9(2)5-11-6-13(10(3)4)7-12(11)8-14;1-10(2)8-12(5)6-7-13(9-12)11(3)4;1-8(2)5-10-6-13(9(3)4)7-11(10)12;1-9(2)11-5-7-12(8-6-11)10(3)4/h11-12H,5-10H2,1-4H3;10-13H,7-9H2,1-6H3;9-13H,6-8H2,1-5H3;9-12,14H,5-8H2,1-4H3;10-11H,6-9H2,1-5H3;8-11H,5-7,12H2,1-4H3;9-10H,5-8H2,1-4H3. The molecule has 8 fully saturated rings. The first-order valence-corrected chi connectivity index (χ1v) is 40.9. The fourth-order valence-corrected chi connectivity index (χ4v) is 17.5. The summed E-state index contributed by atoms with van der Waals surface area (Å²) in [5.74, 6) is 7.68. The number of likely N-dealkylation sites (tertiary alicyclic amines) is 7. The van der Waals surface area contributed by atoms with Gasteiger partial charge in [0.25, 0.3) is 0 Å². The van der Waals surface area contributed by atoms with E-state index >= 15 is 0 Å². The van der Waals surface area contributed by atoms with Gasteiger partial charge in [-0.3, -0.25) is 24.5 Å². The molecule has 8 aliphatic heterocycles. The van der Waals surface area contributed by atoms with Crippen LogP contribution in [-0.2, 0) is 0 Å². The highest BCUT2D eigenvalue weighted by Crippen LogP contribution is 2.41. The highest BCUT2D eigenvalue weighted by molar-refractivity contribution is 4.99. The minimum atomic E-state index is 0.362. The first kappa shape index (κ1) is 91.6. The summed E-state index contributed by atoms with van der Waals surface area (Å²) >= 11 is 0. The van der Waals surface area contributed by atoms with Gasteiger partial charge in [-0.25, -0.2) is 0 Å². The normalized spacial score (nSPS) is 28.5. The lowest BCUT2D eigenvalue weighted by Crippen LogP contribution is -2.50. The van der Waals surface area contributed by atoms with E-state index in [1.54, 1.807) is 0 Å². The first-order valence-electron chi connectivity index (χ1n) is 40.9. The molecule has 96 heavy (non-hydrogen) atoms. The van der Waals surface area contributed by atoms with Crippen LogP contribution in [0, 0.1) is 70.0 Å². The van der Waals surface area contributed by atoms with Gasteiger partial charge in [-0.2, -0.15) is 0 Å². The van der Waals surface area contributed by atoms with Crippen molar-refractivity contribution in [2.24, 2.45) is 75.7 Å². The molecule has 0 aromatic heterocycles. The molecule has 9 unspecified atom stereocenters. The van der Waals surface area contributed by atoms with Crippen molar-refractivity contribution in [3.05, 3.63) is 0 Å². The van der Waals surface area contributed by atoms with Crippen molar-refractivity contribution >= 4 is 0 Å². The fraction of sp³-hybridized carbons (Fsp3) is 1.00. The molecule has 8 rings (SSSR count). The fourth-order valence-electron chi connectivity index (χ4n) is 17.5. The molecule has 8 aliphatic rings. The molecular formula is C83H176N12O. The molecule has 0 aromatic carbocycles. The van der Waals surface area contributed by atoms with Crippen LogP contribution in [0.5, 0.6) is 0 Å². The summed E-state index contributed by atoms with van der Waals surface area (Å²) in [6, 6.07) is 8.19. The van der Waals surface area contributed by atoms with Crippen LogP contribution in [0.2, 0.25) is 0 Å². The second-order valence-corrected chi connectivity index (χ2v) is 37.9. The van der Waals surface area contributed by atoms with E-state index in [1.165, 1.54) is 156 Å². The first-order chi connectivity index (χ1) is 44.6. The number of rotatable bonds is 22. The Kier molecular flexibility index (Phi) is 42.9. The van der Waals surface area contributed by atoms with Crippen LogP contribution in [0.3, 0.4) is 0 Å². The van der Waals surface area contributed by atoms with E-state index in [0.717, 1.165) is 96.7 Å². The van der Waals surface area contributed by atoms with Crippen LogP contribution in [0.4, 0.5) is 0 Å². The predicted molar refractivity (Wildman–Crippen MR) is 425 cm³/mol. The van der Waals surface area contributed by atoms with E-state index in [0.29, 0.717) is 65.5 Å². The van der Waals surface area contributed by atoms with E-state index in [-0.39, 0.29) is 0 Å². The number of aliphatic hydroxyl groups is 1. The Balaban J connectivity index is 0.000000382. The maximum Gasteiger partial charge on any atom is 0.0474 e. The minimum Gasteiger partial charge on any atom is -0.396 e. The Morgan fingerprint density at radius 1 is 0.365 bits per heavy atom.